The van der Waals surface area contributed by atoms with Gasteiger partial charge in [0.25, 0.3) is 0 Å². The molecule has 0 fully saturated rings. The average Bonchev–Trinajstić information content (AvgIpc) is 3.94. The van der Waals surface area contributed by atoms with E-state index in [2.05, 4.69) is 20.1 Å². The third-order valence-electron chi connectivity index (χ3n) is 10.5. The molecule has 0 aliphatic heterocycles. The first-order chi connectivity index (χ1) is 34.6. The summed E-state index contributed by atoms with van der Waals surface area (Å²) in [5.41, 5.74) is -13.8. The standard InChI is InChI=1S/C32H12BF24.C10H8IN6O2/c34-25(35,36)13-1-14(26(37,38)39)6-21(5-13)33(22-7-15(27(40,41)42)2-16(8-22)28(43,44)45,23-9-17(29(46,47)48)3-18(10-23)30(49,50)51)24-11-19(31(52,53)54)4-20(12-24)32(55,56)57;12-16-14-5-7-1-3-9(18-7)11-10-4-2-8(19-10)6-15-17-13/h1-12H;1-4H,5-6H2/q-1;+1. The smallest absolute Gasteiger partial charge is 0.423 e. The van der Waals surface area contributed by atoms with Crippen LogP contribution < -0.4 is 43.1 Å². The number of alkyl halides is 24. The molecule has 0 saturated carbocycles. The van der Waals surface area contributed by atoms with E-state index in [0.29, 0.717) is 11.5 Å². The SMILES string of the molecule is FC(F)(F)c1cc([B-](c2cc(C(F)(F)F)cc(C(F)(F)F)c2)(c2cc(C(F)(F)F)cc(C(F)(F)F)c2)c2cc(C(F)(F)F)cc(C(F)(F)F)c2)cc(C(F)(F)F)c1.[N-]=[N+]=NCc1ccc([I+]c2ccc(CN=[N+]=[N-])o2)o1. The summed E-state index contributed by atoms with van der Waals surface area (Å²) in [6.45, 7) is 0.418. The zero-order valence-corrected chi connectivity index (χ0v) is 38.3. The van der Waals surface area contributed by atoms with Crippen molar-refractivity contribution in [3.8, 4) is 0 Å². The quantitative estimate of drug-likeness (QED) is 0.0338. The lowest BCUT2D eigenvalue weighted by Crippen LogP contribution is -3.61. The van der Waals surface area contributed by atoms with Gasteiger partial charge in [0.1, 0.15) is 17.7 Å². The second-order valence-corrected chi connectivity index (χ2v) is 18.2. The number of rotatable bonds is 10. The molecule has 6 aromatic rings. The molecule has 0 bridgehead atoms. The maximum atomic E-state index is 14.2. The molecule has 6 rings (SSSR count). The predicted molar refractivity (Wildman–Crippen MR) is 211 cm³/mol. The highest BCUT2D eigenvalue weighted by atomic mass is 127. The van der Waals surface area contributed by atoms with Gasteiger partial charge in [0.15, 0.2) is 0 Å². The number of hydrogen-bond donors (Lipinski definition) is 0. The van der Waals surface area contributed by atoms with Gasteiger partial charge >= 0.3 is 78.1 Å². The Morgan fingerprint density at radius 1 is 0.342 bits per heavy atom. The highest BCUT2D eigenvalue weighted by molar-refractivity contribution is 7.20. The second-order valence-electron chi connectivity index (χ2n) is 15.5. The molecular formula is C42H20BF24IN6O2. The van der Waals surface area contributed by atoms with Crippen molar-refractivity contribution in [2.45, 2.75) is 62.5 Å². The van der Waals surface area contributed by atoms with Gasteiger partial charge in [-0.25, -0.2) is 0 Å². The van der Waals surface area contributed by atoms with Gasteiger partial charge in [-0.05, 0) is 47.5 Å². The Balaban J connectivity index is 0.000000468. The lowest BCUT2D eigenvalue weighted by molar-refractivity contribution is -0.636. The lowest BCUT2D eigenvalue weighted by Gasteiger charge is -2.46. The molecule has 408 valence electrons. The molecule has 2 heterocycles. The molecule has 0 radical (unpaired) electrons. The zero-order chi connectivity index (χ0) is 57.4. The third-order valence-corrected chi connectivity index (χ3v) is 12.7. The maximum Gasteiger partial charge on any atom is 0.442 e. The fourth-order valence-electron chi connectivity index (χ4n) is 7.34. The van der Waals surface area contributed by atoms with Crippen LogP contribution in [0.4, 0.5) is 105 Å². The number of benzene rings is 4. The minimum Gasteiger partial charge on any atom is -0.423 e. The van der Waals surface area contributed by atoms with Gasteiger partial charge in [-0.1, -0.05) is 58.8 Å². The first-order valence-corrected chi connectivity index (χ1v) is 21.9. The summed E-state index contributed by atoms with van der Waals surface area (Å²) in [7, 11) is 0. The van der Waals surface area contributed by atoms with E-state index >= 15 is 0 Å². The summed E-state index contributed by atoms with van der Waals surface area (Å²) in [5, 5.41) is 6.86. The van der Waals surface area contributed by atoms with Gasteiger partial charge in [0, 0.05) is 22.0 Å². The van der Waals surface area contributed by atoms with Crippen molar-refractivity contribution < 1.29 is 135 Å². The van der Waals surface area contributed by atoms with Crippen molar-refractivity contribution in [2.75, 3.05) is 0 Å². The second kappa shape index (κ2) is 21.3. The van der Waals surface area contributed by atoms with Crippen LogP contribution in [0.15, 0.2) is 116 Å². The van der Waals surface area contributed by atoms with Crippen LogP contribution in [0.25, 0.3) is 20.9 Å². The summed E-state index contributed by atoms with van der Waals surface area (Å²) in [5.74, 6) is 1.27. The van der Waals surface area contributed by atoms with Crippen molar-refractivity contribution in [1.29, 1.82) is 0 Å². The Labute approximate surface area is 416 Å². The molecule has 0 aliphatic carbocycles. The molecule has 0 unspecified atom stereocenters. The van der Waals surface area contributed by atoms with Crippen LogP contribution in [0.2, 0.25) is 0 Å². The van der Waals surface area contributed by atoms with Crippen LogP contribution in [0.1, 0.15) is 56.0 Å². The van der Waals surface area contributed by atoms with E-state index in [1.54, 1.807) is 12.1 Å². The third kappa shape index (κ3) is 14.4. The molecule has 34 heteroatoms. The van der Waals surface area contributed by atoms with Gasteiger partial charge in [0.05, 0.1) is 57.6 Å². The summed E-state index contributed by atoms with van der Waals surface area (Å²) < 4.78 is 354. The average molecular weight is 1230 g/mol. The number of azide groups is 2. The number of furan rings is 2. The van der Waals surface area contributed by atoms with Gasteiger partial charge in [-0.3, -0.25) is 0 Å². The number of nitrogens with zero attached hydrogens (tertiary/aromatic N) is 6. The van der Waals surface area contributed by atoms with Crippen molar-refractivity contribution in [1.82, 2.24) is 0 Å². The van der Waals surface area contributed by atoms with Crippen LogP contribution >= 0.6 is 0 Å². The van der Waals surface area contributed by atoms with Crippen LogP contribution in [0, 0.1) is 7.53 Å². The van der Waals surface area contributed by atoms with E-state index in [0.717, 1.165) is 7.53 Å². The summed E-state index contributed by atoms with van der Waals surface area (Å²) in [4.78, 5) is 5.34. The highest BCUT2D eigenvalue weighted by Crippen LogP contribution is 2.41. The van der Waals surface area contributed by atoms with Crippen LogP contribution in [-0.2, 0) is 62.5 Å². The largest absolute Gasteiger partial charge is 0.442 e. The summed E-state index contributed by atoms with van der Waals surface area (Å²) in [6.07, 6.45) is -54.8. The van der Waals surface area contributed by atoms with Crippen molar-refractivity contribution in [3.63, 3.8) is 0 Å². The topological polar surface area (TPSA) is 124 Å². The number of halogens is 25. The van der Waals surface area contributed by atoms with Crippen LogP contribution in [0.5, 0.6) is 0 Å². The monoisotopic (exact) mass is 1230 g/mol. The normalized spacial score (nSPS) is 13.2. The van der Waals surface area contributed by atoms with Gasteiger partial charge in [-0.2, -0.15) is 127 Å². The minimum absolute atomic E-state index is 0.209. The Morgan fingerprint density at radius 3 is 0.711 bits per heavy atom. The lowest BCUT2D eigenvalue weighted by atomic mass is 9.12. The Kier molecular flexibility index (Phi) is 16.8. The highest BCUT2D eigenvalue weighted by Gasteiger charge is 2.47. The van der Waals surface area contributed by atoms with E-state index in [-0.39, 0.29) is 13.1 Å². The van der Waals surface area contributed by atoms with Crippen LogP contribution in [-0.4, -0.2) is 6.15 Å². The fraction of sp³-hybridized carbons (Fsp3) is 0.238. The summed E-state index contributed by atoms with van der Waals surface area (Å²) in [6, 6.07) is -1.54. The molecule has 76 heavy (non-hydrogen) atoms. The van der Waals surface area contributed by atoms with Crippen molar-refractivity contribution >= 4 is 28.0 Å². The van der Waals surface area contributed by atoms with Gasteiger partial charge < -0.3 is 8.83 Å². The van der Waals surface area contributed by atoms with E-state index < -0.39 is 216 Å². The Morgan fingerprint density at radius 2 is 0.539 bits per heavy atom. The maximum absolute atomic E-state index is 14.2. The molecule has 0 atom stereocenters. The number of hydrogen-bond acceptors (Lipinski definition) is 4. The first kappa shape index (κ1) is 60.0. The molecule has 0 saturated heterocycles. The molecule has 0 amide bonds. The molecule has 8 nitrogen and oxygen atoms in total. The molecule has 0 spiro atoms. The molecule has 0 aliphatic rings. The van der Waals surface area contributed by atoms with Crippen molar-refractivity contribution in [2.24, 2.45) is 10.2 Å². The molecule has 2 aromatic heterocycles. The zero-order valence-electron chi connectivity index (χ0n) is 36.2. The van der Waals surface area contributed by atoms with E-state index in [1.165, 1.54) is 0 Å². The van der Waals surface area contributed by atoms with Crippen molar-refractivity contribution in [3.05, 3.63) is 182 Å². The Bertz CT molecular complexity index is 2680. The molecule has 0 N–H and O–H groups in total. The van der Waals surface area contributed by atoms with Crippen LogP contribution in [0.3, 0.4) is 0 Å². The van der Waals surface area contributed by atoms with E-state index in [1.807, 2.05) is 12.1 Å². The summed E-state index contributed by atoms with van der Waals surface area (Å²) >= 11 is -0.564. The van der Waals surface area contributed by atoms with Gasteiger partial charge in [-0.15, -0.1) is 0 Å². The Hall–Kier alpha value is -6.83. The molecular weight excluding hydrogens is 1210 g/mol. The minimum atomic E-state index is -6.13. The predicted octanol–water partition coefficient (Wildman–Crippen LogP) is 11.8. The fourth-order valence-corrected chi connectivity index (χ4v) is 9.37. The first-order valence-electron chi connectivity index (χ1n) is 19.8. The van der Waals surface area contributed by atoms with Gasteiger partial charge in [0.2, 0.25) is 0 Å². The molecule has 4 aromatic carbocycles. The van der Waals surface area contributed by atoms with E-state index in [4.69, 9.17) is 19.9 Å². The van der Waals surface area contributed by atoms with E-state index in [9.17, 15) is 105 Å².